The van der Waals surface area contributed by atoms with Crippen LogP contribution in [0.1, 0.15) is 12.5 Å². The standard InChI is InChI=1S/C16H17F3N4/c1-2-23-21-14-5-3-4-6-15(14)22(23)11-20-13-9-7-12(8-10-13)16(17,18)19/h3-10,20-21H,2,11H2,1H3. The number of hydrogen-bond acceptors (Lipinski definition) is 4. The van der Waals surface area contributed by atoms with Crippen LogP contribution in [0.5, 0.6) is 0 Å². The molecule has 0 radical (unpaired) electrons. The van der Waals surface area contributed by atoms with Crippen molar-refractivity contribution in [1.29, 1.82) is 0 Å². The van der Waals surface area contributed by atoms with Gasteiger partial charge in [0.2, 0.25) is 0 Å². The van der Waals surface area contributed by atoms with Gasteiger partial charge < -0.3 is 5.32 Å². The first-order valence-corrected chi connectivity index (χ1v) is 7.31. The summed E-state index contributed by atoms with van der Waals surface area (Å²) in [6.07, 6.45) is -4.31. The lowest BCUT2D eigenvalue weighted by Gasteiger charge is -2.28. The lowest BCUT2D eigenvalue weighted by atomic mass is 10.2. The van der Waals surface area contributed by atoms with Gasteiger partial charge in [0.15, 0.2) is 0 Å². The van der Waals surface area contributed by atoms with Crippen LogP contribution in [-0.4, -0.2) is 18.3 Å². The van der Waals surface area contributed by atoms with Crippen molar-refractivity contribution in [2.24, 2.45) is 0 Å². The van der Waals surface area contributed by atoms with E-state index in [-0.39, 0.29) is 0 Å². The maximum atomic E-state index is 12.6. The Hall–Kier alpha value is -2.41. The Labute approximate surface area is 132 Å². The molecule has 0 saturated carbocycles. The molecular formula is C16H17F3N4. The highest BCUT2D eigenvalue weighted by atomic mass is 19.4. The van der Waals surface area contributed by atoms with E-state index >= 15 is 0 Å². The molecule has 3 rings (SSSR count). The van der Waals surface area contributed by atoms with Crippen molar-refractivity contribution in [2.45, 2.75) is 13.1 Å². The molecule has 1 aliphatic heterocycles. The number of nitrogens with zero attached hydrogens (tertiary/aromatic N) is 2. The van der Waals surface area contributed by atoms with Crippen LogP contribution in [0.25, 0.3) is 0 Å². The third-order valence-electron chi connectivity index (χ3n) is 3.67. The summed E-state index contributed by atoms with van der Waals surface area (Å²) in [5.74, 6) is 0. The number of para-hydroxylation sites is 2. The number of alkyl halides is 3. The monoisotopic (exact) mass is 322 g/mol. The number of hydrogen-bond donors (Lipinski definition) is 2. The molecule has 2 aromatic carbocycles. The SMILES string of the molecule is CCN1Nc2ccccc2N1CNc1ccc(C(F)(F)F)cc1. The van der Waals surface area contributed by atoms with Gasteiger partial charge in [-0.2, -0.15) is 13.2 Å². The second-order valence-corrected chi connectivity index (χ2v) is 5.15. The molecule has 0 amide bonds. The van der Waals surface area contributed by atoms with Crippen molar-refractivity contribution in [3.8, 4) is 0 Å². The zero-order valence-electron chi connectivity index (χ0n) is 12.6. The minimum Gasteiger partial charge on any atom is -0.367 e. The van der Waals surface area contributed by atoms with E-state index in [1.807, 2.05) is 41.3 Å². The summed E-state index contributed by atoms with van der Waals surface area (Å²) in [7, 11) is 0. The number of halogens is 3. The summed E-state index contributed by atoms with van der Waals surface area (Å²) in [4.78, 5) is 0. The van der Waals surface area contributed by atoms with Crippen molar-refractivity contribution >= 4 is 17.1 Å². The first-order chi connectivity index (χ1) is 11.0. The molecule has 2 aromatic rings. The van der Waals surface area contributed by atoms with Gasteiger partial charge in [-0.3, -0.25) is 10.4 Å². The zero-order valence-corrected chi connectivity index (χ0v) is 12.6. The van der Waals surface area contributed by atoms with Crippen LogP contribution in [0, 0.1) is 0 Å². The Morgan fingerprint density at radius 1 is 1.04 bits per heavy atom. The molecule has 122 valence electrons. The van der Waals surface area contributed by atoms with Crippen molar-refractivity contribution in [3.63, 3.8) is 0 Å². The fourth-order valence-corrected chi connectivity index (χ4v) is 2.49. The van der Waals surface area contributed by atoms with Gasteiger partial charge >= 0.3 is 6.18 Å². The molecule has 0 fully saturated rings. The van der Waals surface area contributed by atoms with Crippen LogP contribution in [-0.2, 0) is 6.18 Å². The summed E-state index contributed by atoms with van der Waals surface area (Å²) in [6, 6.07) is 12.9. The van der Waals surface area contributed by atoms with Crippen LogP contribution in [0.3, 0.4) is 0 Å². The average Bonchev–Trinajstić information content (AvgIpc) is 2.90. The number of nitrogens with one attached hydrogen (secondary N) is 2. The quantitative estimate of drug-likeness (QED) is 0.885. The Morgan fingerprint density at radius 2 is 1.74 bits per heavy atom. The van der Waals surface area contributed by atoms with E-state index < -0.39 is 11.7 Å². The fraction of sp³-hybridized carbons (Fsp3) is 0.250. The van der Waals surface area contributed by atoms with Gasteiger partial charge in [-0.25, -0.2) is 0 Å². The van der Waals surface area contributed by atoms with Gasteiger partial charge in [-0.15, -0.1) is 5.12 Å². The van der Waals surface area contributed by atoms with E-state index in [1.165, 1.54) is 12.1 Å². The summed E-state index contributed by atoms with van der Waals surface area (Å²) in [6.45, 7) is 3.22. The van der Waals surface area contributed by atoms with Crippen molar-refractivity contribution in [2.75, 3.05) is 29.0 Å². The van der Waals surface area contributed by atoms with Crippen molar-refractivity contribution in [1.82, 2.24) is 5.12 Å². The summed E-state index contributed by atoms with van der Waals surface area (Å²) in [5, 5.41) is 7.10. The van der Waals surface area contributed by atoms with Gasteiger partial charge in [-0.1, -0.05) is 12.1 Å². The third kappa shape index (κ3) is 3.19. The Morgan fingerprint density at radius 3 is 2.39 bits per heavy atom. The predicted molar refractivity (Wildman–Crippen MR) is 84.9 cm³/mol. The normalized spacial score (nSPS) is 14.5. The number of fused-ring (bicyclic) bond motifs is 1. The minimum absolute atomic E-state index is 0.448. The number of anilines is 3. The molecule has 0 unspecified atom stereocenters. The van der Waals surface area contributed by atoms with E-state index in [9.17, 15) is 13.2 Å². The Kier molecular flexibility index (Phi) is 4.04. The van der Waals surface area contributed by atoms with Gasteiger partial charge in [0, 0.05) is 12.2 Å². The highest BCUT2D eigenvalue weighted by molar-refractivity contribution is 5.73. The maximum absolute atomic E-state index is 12.6. The van der Waals surface area contributed by atoms with E-state index in [1.54, 1.807) is 0 Å². The van der Waals surface area contributed by atoms with E-state index in [4.69, 9.17) is 0 Å². The summed E-state index contributed by atoms with van der Waals surface area (Å²) in [5.41, 5.74) is 5.29. The molecule has 0 spiro atoms. The maximum Gasteiger partial charge on any atom is 0.416 e. The molecule has 0 bridgehead atoms. The van der Waals surface area contributed by atoms with Crippen LogP contribution >= 0.6 is 0 Å². The first-order valence-electron chi connectivity index (χ1n) is 7.31. The predicted octanol–water partition coefficient (Wildman–Crippen LogP) is 4.16. The van der Waals surface area contributed by atoms with Gasteiger partial charge in [0.1, 0.15) is 6.67 Å². The number of benzene rings is 2. The molecule has 0 saturated heterocycles. The van der Waals surface area contributed by atoms with Crippen LogP contribution in [0.2, 0.25) is 0 Å². The third-order valence-corrected chi connectivity index (χ3v) is 3.67. The Bertz CT molecular complexity index is 670. The number of hydrazine groups is 2. The molecule has 1 aliphatic rings. The molecular weight excluding hydrogens is 305 g/mol. The van der Waals surface area contributed by atoms with Crippen LogP contribution in [0.4, 0.5) is 30.2 Å². The van der Waals surface area contributed by atoms with Crippen LogP contribution < -0.4 is 15.8 Å². The molecule has 0 aromatic heterocycles. The molecule has 0 aliphatic carbocycles. The molecule has 1 heterocycles. The van der Waals surface area contributed by atoms with Crippen molar-refractivity contribution < 1.29 is 13.2 Å². The van der Waals surface area contributed by atoms with Gasteiger partial charge in [0.25, 0.3) is 0 Å². The highest BCUT2D eigenvalue weighted by Gasteiger charge is 2.30. The number of rotatable bonds is 4. The zero-order chi connectivity index (χ0) is 16.4. The van der Waals surface area contributed by atoms with Crippen LogP contribution in [0.15, 0.2) is 48.5 Å². The second kappa shape index (κ2) is 6.00. The molecule has 23 heavy (non-hydrogen) atoms. The molecule has 4 nitrogen and oxygen atoms in total. The van der Waals surface area contributed by atoms with Gasteiger partial charge in [0.05, 0.1) is 16.9 Å². The summed E-state index contributed by atoms with van der Waals surface area (Å²) < 4.78 is 37.7. The first kappa shape index (κ1) is 15.5. The van der Waals surface area contributed by atoms with E-state index in [0.29, 0.717) is 12.4 Å². The average molecular weight is 322 g/mol. The highest BCUT2D eigenvalue weighted by Crippen LogP contribution is 2.33. The minimum atomic E-state index is -4.31. The molecule has 7 heteroatoms. The molecule has 2 N–H and O–H groups in total. The molecule has 0 atom stereocenters. The van der Waals surface area contributed by atoms with Gasteiger partial charge in [-0.05, 0) is 43.3 Å². The topological polar surface area (TPSA) is 30.5 Å². The van der Waals surface area contributed by atoms with E-state index in [2.05, 4.69) is 10.7 Å². The Balaban J connectivity index is 1.70. The largest absolute Gasteiger partial charge is 0.416 e. The fourth-order valence-electron chi connectivity index (χ4n) is 2.49. The second-order valence-electron chi connectivity index (χ2n) is 5.15. The lowest BCUT2D eigenvalue weighted by Crippen LogP contribution is -2.44. The van der Waals surface area contributed by atoms with Crippen molar-refractivity contribution in [3.05, 3.63) is 54.1 Å². The smallest absolute Gasteiger partial charge is 0.367 e. The lowest BCUT2D eigenvalue weighted by molar-refractivity contribution is -0.137. The van der Waals surface area contributed by atoms with E-state index in [0.717, 1.165) is 30.1 Å². The summed E-state index contributed by atoms with van der Waals surface area (Å²) >= 11 is 0.